The summed E-state index contributed by atoms with van der Waals surface area (Å²) in [6.45, 7) is 1.80. The van der Waals surface area contributed by atoms with E-state index >= 15 is 0 Å². The van der Waals surface area contributed by atoms with Gasteiger partial charge in [0.1, 0.15) is 0 Å². The lowest BCUT2D eigenvalue weighted by molar-refractivity contribution is 0.672. The van der Waals surface area contributed by atoms with Crippen molar-refractivity contribution < 1.29 is 0 Å². The van der Waals surface area contributed by atoms with Crippen molar-refractivity contribution >= 4 is 22.7 Å². The lowest BCUT2D eigenvalue weighted by atomic mass is 9.60. The Morgan fingerprint density at radius 2 is 0.763 bits per heavy atom. The van der Waals surface area contributed by atoms with Gasteiger partial charge in [-0.15, -0.1) is 0 Å². The summed E-state index contributed by atoms with van der Waals surface area (Å²) in [4.78, 5) is 9.96. The maximum Gasteiger partial charge on any atom is 0.156 e. The molecule has 0 unspecified atom stereocenters. The summed E-state index contributed by atoms with van der Waals surface area (Å²) in [5.74, 6) is 3.11. The first kappa shape index (κ1) is 20.6. The summed E-state index contributed by atoms with van der Waals surface area (Å²) in [5, 5.41) is 0. The van der Waals surface area contributed by atoms with Gasteiger partial charge in [0, 0.05) is 39.0 Å². The Bertz CT molecular complexity index is 1570. The van der Waals surface area contributed by atoms with Crippen LogP contribution in [0.2, 0.25) is 0 Å². The van der Waals surface area contributed by atoms with E-state index in [0.717, 1.165) is 13.1 Å². The topological polar surface area (TPSA) is 13.0 Å². The zero-order valence-electron chi connectivity index (χ0n) is 21.6. The second-order valence-electron chi connectivity index (χ2n) is 11.1. The predicted molar refractivity (Wildman–Crippen MR) is 155 cm³/mol. The third-order valence-corrected chi connectivity index (χ3v) is 9.42. The van der Waals surface area contributed by atoms with Crippen LogP contribution in [0.1, 0.15) is 34.1 Å². The number of nitrogens with zero attached hydrogens (tertiary/aromatic N) is 4. The first-order valence-electron chi connectivity index (χ1n) is 13.6. The highest BCUT2D eigenvalue weighted by molar-refractivity contribution is 5.90. The third-order valence-electron chi connectivity index (χ3n) is 9.42. The van der Waals surface area contributed by atoms with Crippen LogP contribution in [0, 0.1) is 0 Å². The zero-order valence-corrected chi connectivity index (χ0v) is 21.6. The van der Waals surface area contributed by atoms with Gasteiger partial charge in [0.15, 0.2) is 11.6 Å². The second-order valence-corrected chi connectivity index (χ2v) is 11.1. The molecule has 4 nitrogen and oxygen atoms in total. The van der Waals surface area contributed by atoms with Gasteiger partial charge < -0.3 is 19.6 Å². The molecule has 3 aliphatic heterocycles. The summed E-state index contributed by atoms with van der Waals surface area (Å²) >= 11 is 0. The van der Waals surface area contributed by atoms with E-state index in [1.54, 1.807) is 11.1 Å². The van der Waals surface area contributed by atoms with Crippen LogP contribution in [0.25, 0.3) is 0 Å². The van der Waals surface area contributed by atoms with Gasteiger partial charge in [0.25, 0.3) is 0 Å². The minimum Gasteiger partial charge on any atom is -0.326 e. The smallest absolute Gasteiger partial charge is 0.156 e. The number of hydrogen-bond donors (Lipinski definition) is 0. The van der Waals surface area contributed by atoms with Crippen molar-refractivity contribution in [2.45, 2.75) is 11.8 Å². The standard InChI is InChI=1S/C34H28N4/c1-35-27-15-7-9-17-29(27)37-19-25-26(20-38-30-18-10-8-16-28(30)36(2)34(38)33(35)37)32-23-13-5-3-11-21(23)31(25)22-12-4-6-14-24(22)32/h3-18,31-32H,19-20H2,1-2H3/b34-33-. The molecule has 0 radical (unpaired) electrons. The lowest BCUT2D eigenvalue weighted by Gasteiger charge is -2.47. The van der Waals surface area contributed by atoms with Crippen LogP contribution < -0.4 is 19.6 Å². The van der Waals surface area contributed by atoms with Gasteiger partial charge in [-0.05, 0) is 57.7 Å². The van der Waals surface area contributed by atoms with Gasteiger partial charge >= 0.3 is 0 Å². The summed E-state index contributed by atoms with van der Waals surface area (Å²) in [6, 6.07) is 36.1. The van der Waals surface area contributed by atoms with Gasteiger partial charge in [-0.25, -0.2) is 0 Å². The molecule has 4 aromatic carbocycles. The van der Waals surface area contributed by atoms with E-state index < -0.39 is 0 Å². The van der Waals surface area contributed by atoms with E-state index in [9.17, 15) is 0 Å². The van der Waals surface area contributed by atoms with Crippen molar-refractivity contribution in [3.05, 3.63) is 142 Å². The van der Waals surface area contributed by atoms with Crippen LogP contribution in [-0.2, 0) is 0 Å². The molecule has 38 heavy (non-hydrogen) atoms. The molecule has 3 aliphatic carbocycles. The summed E-state index contributed by atoms with van der Waals surface area (Å²) in [6.07, 6.45) is 0. The number of benzene rings is 4. The summed E-state index contributed by atoms with van der Waals surface area (Å²) < 4.78 is 0. The Kier molecular flexibility index (Phi) is 3.85. The quantitative estimate of drug-likeness (QED) is 0.256. The van der Waals surface area contributed by atoms with E-state index in [4.69, 9.17) is 0 Å². The van der Waals surface area contributed by atoms with E-state index in [0.29, 0.717) is 11.8 Å². The number of anilines is 4. The maximum absolute atomic E-state index is 2.58. The SMILES string of the molecule is CN1/C2=C3\N(C)c4ccccc4N3CC3=C(CN2c2ccccc21)C1c2ccccc2C3c2ccccc21. The van der Waals surface area contributed by atoms with Gasteiger partial charge in [-0.3, -0.25) is 0 Å². The number of rotatable bonds is 0. The fourth-order valence-corrected chi connectivity index (χ4v) is 7.89. The number of fused-ring (bicyclic) bond motifs is 6. The molecule has 0 atom stereocenters. The monoisotopic (exact) mass is 492 g/mol. The molecule has 2 bridgehead atoms. The minimum absolute atomic E-state index is 0.291. The normalized spacial score (nSPS) is 23.7. The Labute approximate surface area is 223 Å². The largest absolute Gasteiger partial charge is 0.326 e. The van der Waals surface area contributed by atoms with E-state index in [1.807, 2.05) is 0 Å². The van der Waals surface area contributed by atoms with Crippen molar-refractivity contribution in [2.24, 2.45) is 0 Å². The molecule has 0 fully saturated rings. The Balaban J connectivity index is 1.35. The summed E-state index contributed by atoms with van der Waals surface area (Å²) in [5.41, 5.74) is 14.2. The molecule has 0 N–H and O–H groups in total. The molecule has 10 rings (SSSR count). The van der Waals surface area contributed by atoms with Gasteiger partial charge in [-0.1, -0.05) is 72.8 Å². The fraction of sp³-hybridized carbons (Fsp3) is 0.176. The molecule has 6 aliphatic rings. The van der Waals surface area contributed by atoms with Gasteiger partial charge in [0.05, 0.1) is 22.7 Å². The molecular formula is C34H28N4. The van der Waals surface area contributed by atoms with Crippen molar-refractivity contribution in [3.63, 3.8) is 0 Å². The molecule has 0 spiro atoms. The zero-order chi connectivity index (χ0) is 25.1. The first-order chi connectivity index (χ1) is 18.7. The Morgan fingerprint density at radius 3 is 1.13 bits per heavy atom. The van der Waals surface area contributed by atoms with Gasteiger partial charge in [0.2, 0.25) is 0 Å². The maximum atomic E-state index is 2.58. The highest BCUT2D eigenvalue weighted by atomic mass is 15.5. The minimum atomic E-state index is 0.291. The number of para-hydroxylation sites is 4. The molecule has 4 aromatic rings. The predicted octanol–water partition coefficient (Wildman–Crippen LogP) is 6.63. The molecule has 0 aromatic heterocycles. The molecule has 0 amide bonds. The van der Waals surface area contributed by atoms with Crippen molar-refractivity contribution in [2.75, 3.05) is 46.8 Å². The first-order valence-corrected chi connectivity index (χ1v) is 13.6. The van der Waals surface area contributed by atoms with E-state index in [-0.39, 0.29) is 0 Å². The third kappa shape index (κ3) is 2.37. The molecule has 184 valence electrons. The number of hydrogen-bond acceptors (Lipinski definition) is 4. The molecule has 0 saturated carbocycles. The van der Waals surface area contributed by atoms with Crippen molar-refractivity contribution in [1.29, 1.82) is 0 Å². The van der Waals surface area contributed by atoms with E-state index in [1.165, 1.54) is 56.6 Å². The van der Waals surface area contributed by atoms with Crippen LogP contribution in [0.3, 0.4) is 0 Å². The van der Waals surface area contributed by atoms with Crippen LogP contribution >= 0.6 is 0 Å². The second kappa shape index (κ2) is 7.11. The molecular weight excluding hydrogens is 464 g/mol. The molecule has 0 saturated heterocycles. The Morgan fingerprint density at radius 1 is 0.447 bits per heavy atom. The molecule has 4 heteroatoms. The average molecular weight is 493 g/mol. The average Bonchev–Trinajstić information content (AvgIpc) is 3.37. The van der Waals surface area contributed by atoms with Crippen molar-refractivity contribution in [3.8, 4) is 0 Å². The molecule has 3 heterocycles. The van der Waals surface area contributed by atoms with E-state index in [2.05, 4.69) is 131 Å². The van der Waals surface area contributed by atoms with Crippen LogP contribution in [-0.4, -0.2) is 27.2 Å². The highest BCUT2D eigenvalue weighted by Crippen LogP contribution is 2.58. The van der Waals surface area contributed by atoms with Crippen LogP contribution in [0.15, 0.2) is 120 Å². The van der Waals surface area contributed by atoms with Crippen LogP contribution in [0.4, 0.5) is 22.7 Å². The highest BCUT2D eigenvalue weighted by Gasteiger charge is 2.48. The Hall–Kier alpha value is -4.44. The van der Waals surface area contributed by atoms with Gasteiger partial charge in [-0.2, -0.15) is 0 Å². The van der Waals surface area contributed by atoms with Crippen molar-refractivity contribution in [1.82, 2.24) is 0 Å². The lowest BCUT2D eigenvalue weighted by Crippen LogP contribution is -2.44. The summed E-state index contributed by atoms with van der Waals surface area (Å²) in [7, 11) is 4.45. The van der Waals surface area contributed by atoms with Crippen LogP contribution in [0.5, 0.6) is 0 Å². The fourth-order valence-electron chi connectivity index (χ4n) is 7.89.